The van der Waals surface area contributed by atoms with Gasteiger partial charge in [0.25, 0.3) is 0 Å². The van der Waals surface area contributed by atoms with Crippen molar-refractivity contribution in [1.82, 2.24) is 14.7 Å². The molecule has 2 amide bonds. The zero-order valence-corrected chi connectivity index (χ0v) is 15.1. The number of likely N-dealkylation sites (tertiary alicyclic amines) is 1. The van der Waals surface area contributed by atoms with Crippen LogP contribution in [0.4, 0.5) is 0 Å². The summed E-state index contributed by atoms with van der Waals surface area (Å²) in [7, 11) is 1.66. The Hall–Kier alpha value is -2.08. The second kappa shape index (κ2) is 7.87. The maximum atomic E-state index is 12.8. The Morgan fingerprint density at radius 3 is 2.36 bits per heavy atom. The lowest BCUT2D eigenvalue weighted by Gasteiger charge is -2.35. The molecule has 0 radical (unpaired) electrons. The van der Waals surface area contributed by atoms with Gasteiger partial charge in [-0.2, -0.15) is 0 Å². The molecule has 2 aliphatic rings. The number of rotatable bonds is 4. The Bertz CT molecular complexity index is 609. The molecule has 0 bridgehead atoms. The minimum atomic E-state index is 0.116. The van der Waals surface area contributed by atoms with E-state index in [0.29, 0.717) is 19.6 Å². The normalized spacial score (nSPS) is 21.4. The van der Waals surface area contributed by atoms with E-state index in [2.05, 4.69) is 17.0 Å². The zero-order chi connectivity index (χ0) is 17.8. The predicted molar refractivity (Wildman–Crippen MR) is 95.4 cm³/mol. The third-order valence-electron chi connectivity index (χ3n) is 5.25. The number of nitrogens with zero attached hydrogens (tertiary/aromatic N) is 3. The van der Waals surface area contributed by atoms with Gasteiger partial charge in [0.05, 0.1) is 19.7 Å². The highest BCUT2D eigenvalue weighted by Crippen LogP contribution is 2.32. The van der Waals surface area contributed by atoms with Crippen LogP contribution in [0.15, 0.2) is 24.3 Å². The number of methoxy groups -OCH3 is 1. The van der Waals surface area contributed by atoms with Crippen LogP contribution in [0, 0.1) is 0 Å². The van der Waals surface area contributed by atoms with Gasteiger partial charge in [0.2, 0.25) is 11.8 Å². The van der Waals surface area contributed by atoms with E-state index in [1.165, 1.54) is 5.56 Å². The number of hydrogen-bond acceptors (Lipinski definition) is 4. The molecule has 0 aliphatic carbocycles. The standard InChI is InChI=1S/C19H27N3O3/c1-15(23)21-12-10-20(11-13-21)14-19(24)22-9-3-4-18(22)16-5-7-17(25-2)8-6-16/h5-8,18H,3-4,9-14H2,1-2H3/t18-/m0/s1. The van der Waals surface area contributed by atoms with E-state index in [0.717, 1.165) is 38.2 Å². The number of carbonyl (C=O) groups is 2. The minimum Gasteiger partial charge on any atom is -0.497 e. The molecule has 6 heteroatoms. The van der Waals surface area contributed by atoms with Crippen LogP contribution in [0.25, 0.3) is 0 Å². The minimum absolute atomic E-state index is 0.116. The van der Waals surface area contributed by atoms with Gasteiger partial charge in [-0.3, -0.25) is 14.5 Å². The Balaban J connectivity index is 1.58. The first kappa shape index (κ1) is 17.7. The predicted octanol–water partition coefficient (Wildman–Crippen LogP) is 1.52. The van der Waals surface area contributed by atoms with E-state index in [1.54, 1.807) is 14.0 Å². The molecule has 3 rings (SSSR count). The van der Waals surface area contributed by atoms with Crippen molar-refractivity contribution in [2.75, 3.05) is 46.4 Å². The van der Waals surface area contributed by atoms with Gasteiger partial charge in [-0.1, -0.05) is 12.1 Å². The molecule has 1 atom stereocenters. The van der Waals surface area contributed by atoms with Crippen molar-refractivity contribution in [3.63, 3.8) is 0 Å². The van der Waals surface area contributed by atoms with Gasteiger partial charge in [0.1, 0.15) is 5.75 Å². The van der Waals surface area contributed by atoms with Crippen molar-refractivity contribution < 1.29 is 14.3 Å². The molecule has 0 aromatic heterocycles. The Labute approximate surface area is 149 Å². The molecule has 2 fully saturated rings. The molecule has 2 saturated heterocycles. The fourth-order valence-electron chi connectivity index (χ4n) is 3.74. The third kappa shape index (κ3) is 4.12. The molecule has 6 nitrogen and oxygen atoms in total. The summed E-state index contributed by atoms with van der Waals surface area (Å²) in [5, 5.41) is 0. The molecule has 2 aliphatic heterocycles. The number of amides is 2. The van der Waals surface area contributed by atoms with Gasteiger partial charge >= 0.3 is 0 Å². The topological polar surface area (TPSA) is 53.1 Å². The van der Waals surface area contributed by atoms with Crippen molar-refractivity contribution in [2.24, 2.45) is 0 Å². The highest BCUT2D eigenvalue weighted by Gasteiger charge is 2.31. The summed E-state index contributed by atoms with van der Waals surface area (Å²) in [6.07, 6.45) is 2.05. The smallest absolute Gasteiger partial charge is 0.237 e. The third-order valence-corrected chi connectivity index (χ3v) is 5.25. The van der Waals surface area contributed by atoms with E-state index in [-0.39, 0.29) is 17.9 Å². The summed E-state index contributed by atoms with van der Waals surface area (Å²) in [6.45, 7) is 5.83. The number of piperazine rings is 1. The van der Waals surface area contributed by atoms with Crippen molar-refractivity contribution in [2.45, 2.75) is 25.8 Å². The first-order valence-corrected chi connectivity index (χ1v) is 9.00. The second-order valence-corrected chi connectivity index (χ2v) is 6.80. The molecule has 0 spiro atoms. The molecule has 0 unspecified atom stereocenters. The van der Waals surface area contributed by atoms with Gasteiger partial charge in [-0.05, 0) is 30.5 Å². The number of carbonyl (C=O) groups excluding carboxylic acids is 2. The molecule has 0 saturated carbocycles. The van der Waals surface area contributed by atoms with Crippen molar-refractivity contribution in [3.8, 4) is 5.75 Å². The van der Waals surface area contributed by atoms with E-state index >= 15 is 0 Å². The summed E-state index contributed by atoms with van der Waals surface area (Å²) in [4.78, 5) is 30.2. The molecular weight excluding hydrogens is 318 g/mol. The summed E-state index contributed by atoms with van der Waals surface area (Å²) >= 11 is 0. The summed E-state index contributed by atoms with van der Waals surface area (Å²) in [5.41, 5.74) is 1.17. The molecule has 1 aromatic carbocycles. The van der Waals surface area contributed by atoms with Crippen LogP contribution in [-0.2, 0) is 9.59 Å². The lowest BCUT2D eigenvalue weighted by Crippen LogP contribution is -2.51. The van der Waals surface area contributed by atoms with Gasteiger partial charge in [0, 0.05) is 39.6 Å². The molecule has 136 valence electrons. The number of hydrogen-bond donors (Lipinski definition) is 0. The van der Waals surface area contributed by atoms with Gasteiger partial charge in [-0.25, -0.2) is 0 Å². The summed E-state index contributed by atoms with van der Waals surface area (Å²) < 4.78 is 5.22. The number of benzene rings is 1. The molecule has 1 aromatic rings. The fraction of sp³-hybridized carbons (Fsp3) is 0.579. The van der Waals surface area contributed by atoms with Crippen molar-refractivity contribution in [3.05, 3.63) is 29.8 Å². The molecule has 0 N–H and O–H groups in total. The van der Waals surface area contributed by atoms with Crippen LogP contribution < -0.4 is 4.74 Å². The Morgan fingerprint density at radius 1 is 1.08 bits per heavy atom. The van der Waals surface area contributed by atoms with Crippen LogP contribution in [-0.4, -0.2) is 72.9 Å². The van der Waals surface area contributed by atoms with E-state index in [1.807, 2.05) is 21.9 Å². The maximum absolute atomic E-state index is 12.8. The van der Waals surface area contributed by atoms with Gasteiger partial charge in [-0.15, -0.1) is 0 Å². The quantitative estimate of drug-likeness (QED) is 0.830. The SMILES string of the molecule is COc1ccc([C@@H]2CCCN2C(=O)CN2CCN(C(C)=O)CC2)cc1. The van der Waals surface area contributed by atoms with Crippen molar-refractivity contribution >= 4 is 11.8 Å². The largest absolute Gasteiger partial charge is 0.497 e. The highest BCUT2D eigenvalue weighted by molar-refractivity contribution is 5.79. The van der Waals surface area contributed by atoms with Crippen LogP contribution >= 0.6 is 0 Å². The number of ether oxygens (including phenoxy) is 1. The lowest BCUT2D eigenvalue weighted by atomic mass is 10.0. The van der Waals surface area contributed by atoms with Gasteiger partial charge in [0.15, 0.2) is 0 Å². The summed E-state index contributed by atoms with van der Waals surface area (Å²) in [5.74, 6) is 1.14. The average Bonchev–Trinajstić information content (AvgIpc) is 3.12. The fourth-order valence-corrected chi connectivity index (χ4v) is 3.74. The maximum Gasteiger partial charge on any atom is 0.237 e. The molecular formula is C19H27N3O3. The Kier molecular flexibility index (Phi) is 5.58. The monoisotopic (exact) mass is 345 g/mol. The first-order chi connectivity index (χ1) is 12.1. The average molecular weight is 345 g/mol. The summed E-state index contributed by atoms with van der Waals surface area (Å²) in [6, 6.07) is 8.19. The van der Waals surface area contributed by atoms with E-state index in [4.69, 9.17) is 4.74 Å². The molecule has 2 heterocycles. The Morgan fingerprint density at radius 2 is 1.76 bits per heavy atom. The van der Waals surface area contributed by atoms with Gasteiger partial charge < -0.3 is 14.5 Å². The highest BCUT2D eigenvalue weighted by atomic mass is 16.5. The second-order valence-electron chi connectivity index (χ2n) is 6.80. The zero-order valence-electron chi connectivity index (χ0n) is 15.1. The molecule has 25 heavy (non-hydrogen) atoms. The van der Waals surface area contributed by atoms with Crippen LogP contribution in [0.5, 0.6) is 5.75 Å². The van der Waals surface area contributed by atoms with Crippen molar-refractivity contribution in [1.29, 1.82) is 0 Å². The van der Waals surface area contributed by atoms with Crippen LogP contribution in [0.3, 0.4) is 0 Å². The van der Waals surface area contributed by atoms with E-state index < -0.39 is 0 Å². The lowest BCUT2D eigenvalue weighted by molar-refractivity contribution is -0.134. The van der Waals surface area contributed by atoms with Crippen LogP contribution in [0.2, 0.25) is 0 Å². The van der Waals surface area contributed by atoms with E-state index in [9.17, 15) is 9.59 Å². The van der Waals surface area contributed by atoms with Crippen LogP contribution in [0.1, 0.15) is 31.4 Å². The first-order valence-electron chi connectivity index (χ1n) is 9.00.